The predicted molar refractivity (Wildman–Crippen MR) is 30.2 cm³/mol. The second-order valence-electron chi connectivity index (χ2n) is 1.47. The summed E-state index contributed by atoms with van der Waals surface area (Å²) in [5.41, 5.74) is 0. The Hall–Kier alpha value is -1.60. The molecule has 0 aromatic rings. The van der Waals surface area contributed by atoms with Crippen LogP contribution in [0.2, 0.25) is 0 Å². The van der Waals surface area contributed by atoms with Crippen molar-refractivity contribution in [2.24, 2.45) is 0 Å². The third-order valence-corrected chi connectivity index (χ3v) is 0.601. The highest BCUT2D eigenvalue weighted by atomic mass is 17.0. The molecule has 1 unspecified atom stereocenters. The van der Waals surface area contributed by atoms with Gasteiger partial charge in [-0.2, -0.15) is 0 Å². The SMILES string of the molecule is [CH2]C(CO[N+](=O)[O-])O[N+](=O)[O-]. The molecule has 0 heterocycles. The van der Waals surface area contributed by atoms with E-state index in [2.05, 4.69) is 16.6 Å². The summed E-state index contributed by atoms with van der Waals surface area (Å²) in [5.74, 6) is 0. The van der Waals surface area contributed by atoms with Crippen LogP contribution in [0.25, 0.3) is 0 Å². The van der Waals surface area contributed by atoms with Crippen molar-refractivity contribution in [3.8, 4) is 0 Å². The first kappa shape index (κ1) is 9.40. The van der Waals surface area contributed by atoms with Gasteiger partial charge in [-0.3, -0.25) is 0 Å². The van der Waals surface area contributed by atoms with E-state index < -0.39 is 22.9 Å². The first-order valence-electron chi connectivity index (χ1n) is 2.44. The normalized spacial score (nSPS) is 11.7. The van der Waals surface area contributed by atoms with Gasteiger partial charge in [0.15, 0.2) is 0 Å². The number of nitrogens with zero attached hydrogens (tertiary/aromatic N) is 2. The van der Waals surface area contributed by atoms with Gasteiger partial charge in [-0.25, -0.2) is 0 Å². The van der Waals surface area contributed by atoms with Gasteiger partial charge >= 0.3 is 0 Å². The van der Waals surface area contributed by atoms with Crippen molar-refractivity contribution in [1.29, 1.82) is 0 Å². The first-order valence-corrected chi connectivity index (χ1v) is 2.44. The molecule has 0 aromatic heterocycles. The Morgan fingerprint density at radius 1 is 1.36 bits per heavy atom. The Morgan fingerprint density at radius 3 is 2.27 bits per heavy atom. The van der Waals surface area contributed by atoms with Crippen LogP contribution in [0.1, 0.15) is 0 Å². The fourth-order valence-electron chi connectivity index (χ4n) is 0.296. The van der Waals surface area contributed by atoms with Gasteiger partial charge in [0, 0.05) is 0 Å². The Kier molecular flexibility index (Phi) is 3.63. The molecule has 0 aromatic carbocycles. The molecule has 0 amide bonds. The summed E-state index contributed by atoms with van der Waals surface area (Å²) in [6, 6.07) is 0. The predicted octanol–water partition coefficient (Wildman–Crippen LogP) is -0.394. The fourth-order valence-corrected chi connectivity index (χ4v) is 0.296. The largest absolute Gasteiger partial charge is 0.312 e. The zero-order valence-electron chi connectivity index (χ0n) is 5.34. The van der Waals surface area contributed by atoms with E-state index in [4.69, 9.17) is 0 Å². The quantitative estimate of drug-likeness (QED) is 0.405. The summed E-state index contributed by atoms with van der Waals surface area (Å²) < 4.78 is 0. The standard InChI is InChI=1S/C3H5N2O6/c1-3(11-5(8)9)2-10-4(6)7/h3H,1-2H2. The molecule has 1 atom stereocenters. The van der Waals surface area contributed by atoms with E-state index in [-0.39, 0.29) is 0 Å². The van der Waals surface area contributed by atoms with Crippen LogP contribution in [0.4, 0.5) is 0 Å². The summed E-state index contributed by atoms with van der Waals surface area (Å²) in [6.07, 6.45) is -1.18. The minimum absolute atomic E-state index is 0.562. The van der Waals surface area contributed by atoms with Crippen LogP contribution in [0, 0.1) is 27.2 Å². The second-order valence-corrected chi connectivity index (χ2v) is 1.47. The molecule has 11 heavy (non-hydrogen) atoms. The third-order valence-electron chi connectivity index (χ3n) is 0.601. The van der Waals surface area contributed by atoms with Crippen LogP contribution in [0.5, 0.6) is 0 Å². The highest BCUT2D eigenvalue weighted by molar-refractivity contribution is 4.53. The lowest BCUT2D eigenvalue weighted by Crippen LogP contribution is -2.21. The van der Waals surface area contributed by atoms with E-state index in [1.165, 1.54) is 0 Å². The molecule has 8 heteroatoms. The average molecular weight is 165 g/mol. The van der Waals surface area contributed by atoms with Crippen molar-refractivity contribution < 1.29 is 19.8 Å². The van der Waals surface area contributed by atoms with Crippen molar-refractivity contribution >= 4 is 0 Å². The molecular formula is C3H5N2O6. The van der Waals surface area contributed by atoms with E-state index in [1.807, 2.05) is 0 Å². The van der Waals surface area contributed by atoms with Crippen LogP contribution in [0.15, 0.2) is 0 Å². The highest BCUT2D eigenvalue weighted by Crippen LogP contribution is 1.90. The van der Waals surface area contributed by atoms with Gasteiger partial charge in [-0.05, 0) is 6.92 Å². The maximum absolute atomic E-state index is 9.57. The molecule has 0 fully saturated rings. The molecule has 0 spiro atoms. The maximum Gasteiger partial charge on any atom is 0.294 e. The van der Waals surface area contributed by atoms with Gasteiger partial charge in [-0.1, -0.05) is 0 Å². The van der Waals surface area contributed by atoms with Crippen LogP contribution in [0.3, 0.4) is 0 Å². The molecular weight excluding hydrogens is 160 g/mol. The highest BCUT2D eigenvalue weighted by Gasteiger charge is 2.08. The number of hydrogen-bond acceptors (Lipinski definition) is 6. The molecule has 0 aliphatic heterocycles. The van der Waals surface area contributed by atoms with Crippen LogP contribution in [-0.2, 0) is 9.68 Å². The van der Waals surface area contributed by atoms with Crippen molar-refractivity contribution in [2.75, 3.05) is 6.61 Å². The molecule has 63 valence electrons. The summed E-state index contributed by atoms with van der Waals surface area (Å²) in [7, 11) is 0. The molecule has 1 radical (unpaired) electrons. The molecule has 0 aliphatic carbocycles. The fraction of sp³-hybridized carbons (Fsp3) is 0.667. The first-order chi connectivity index (χ1) is 5.02. The zero-order valence-corrected chi connectivity index (χ0v) is 5.34. The second kappa shape index (κ2) is 4.25. The van der Waals surface area contributed by atoms with Gasteiger partial charge in [0.05, 0.1) is 0 Å². The molecule has 0 bridgehead atoms. The topological polar surface area (TPSA) is 105 Å². The van der Waals surface area contributed by atoms with Crippen molar-refractivity contribution in [2.45, 2.75) is 6.10 Å². The van der Waals surface area contributed by atoms with Gasteiger partial charge in [0.25, 0.3) is 10.2 Å². The lowest BCUT2D eigenvalue weighted by molar-refractivity contribution is -0.787. The van der Waals surface area contributed by atoms with Crippen molar-refractivity contribution in [3.63, 3.8) is 0 Å². The molecule has 0 saturated carbocycles. The molecule has 8 nitrogen and oxygen atoms in total. The summed E-state index contributed by atoms with van der Waals surface area (Å²) in [4.78, 5) is 26.6. The zero-order chi connectivity index (χ0) is 8.85. The van der Waals surface area contributed by atoms with E-state index >= 15 is 0 Å². The van der Waals surface area contributed by atoms with Crippen molar-refractivity contribution in [1.82, 2.24) is 0 Å². The minimum atomic E-state index is -1.18. The summed E-state index contributed by atoms with van der Waals surface area (Å²) in [6.45, 7) is 2.50. The molecule has 0 aliphatic rings. The maximum atomic E-state index is 9.57. The smallest absolute Gasteiger partial charge is 0.294 e. The van der Waals surface area contributed by atoms with Gasteiger partial charge < -0.3 is 9.68 Å². The minimum Gasteiger partial charge on any atom is -0.312 e. The lowest BCUT2D eigenvalue weighted by Gasteiger charge is -2.05. The summed E-state index contributed by atoms with van der Waals surface area (Å²) in [5, 5.41) is 16.9. The van der Waals surface area contributed by atoms with E-state index in [1.54, 1.807) is 0 Å². The molecule has 0 N–H and O–H groups in total. The van der Waals surface area contributed by atoms with E-state index in [0.29, 0.717) is 0 Å². The third kappa shape index (κ3) is 6.28. The van der Waals surface area contributed by atoms with Crippen LogP contribution < -0.4 is 0 Å². The number of rotatable bonds is 5. The Morgan fingerprint density at radius 2 is 1.91 bits per heavy atom. The lowest BCUT2D eigenvalue weighted by atomic mass is 10.5. The van der Waals surface area contributed by atoms with Crippen LogP contribution in [-0.4, -0.2) is 22.9 Å². The molecule has 0 saturated heterocycles. The Bertz CT molecular complexity index is 158. The van der Waals surface area contributed by atoms with Gasteiger partial charge in [0.2, 0.25) is 0 Å². The monoisotopic (exact) mass is 165 g/mol. The van der Waals surface area contributed by atoms with Gasteiger partial charge in [-0.15, -0.1) is 20.2 Å². The van der Waals surface area contributed by atoms with Crippen molar-refractivity contribution in [3.05, 3.63) is 27.2 Å². The van der Waals surface area contributed by atoms with E-state index in [0.717, 1.165) is 0 Å². The van der Waals surface area contributed by atoms with Crippen LogP contribution >= 0.6 is 0 Å². The van der Waals surface area contributed by atoms with Gasteiger partial charge in [0.1, 0.15) is 12.7 Å². The Labute approximate surface area is 60.9 Å². The number of hydrogen-bond donors (Lipinski definition) is 0. The van der Waals surface area contributed by atoms with E-state index in [9.17, 15) is 20.2 Å². The molecule has 0 rings (SSSR count). The summed E-state index contributed by atoms with van der Waals surface area (Å²) >= 11 is 0. The average Bonchev–Trinajstić information content (AvgIpc) is 1.82. The Balaban J connectivity index is 3.44.